The Kier molecular flexibility index (Phi) is 6.37. The molecule has 0 radical (unpaired) electrons. The number of para-hydroxylation sites is 1. The Morgan fingerprint density at radius 3 is 2.08 bits per heavy atom. The van der Waals surface area contributed by atoms with Gasteiger partial charge >= 0.3 is 0 Å². The Bertz CT molecular complexity index is 696. The predicted octanol–water partition coefficient (Wildman–Crippen LogP) is 2.77. The highest BCUT2D eigenvalue weighted by Crippen LogP contribution is 2.17. The molecule has 2 aromatic carbocycles. The zero-order valence-corrected chi connectivity index (χ0v) is 14.0. The first-order valence-corrected chi connectivity index (χ1v) is 7.94. The fraction of sp³-hybridized carbons (Fsp3) is 0.263. The van der Waals surface area contributed by atoms with Crippen molar-refractivity contribution in [1.29, 1.82) is 0 Å². The number of amides is 2. The number of nitrogens with one attached hydrogen (secondary N) is 2. The number of methoxy groups -OCH3 is 1. The fourth-order valence-corrected chi connectivity index (χ4v) is 2.24. The van der Waals surface area contributed by atoms with E-state index in [0.717, 1.165) is 17.7 Å². The molecule has 0 fully saturated rings. The first-order chi connectivity index (χ1) is 11.7. The van der Waals surface area contributed by atoms with Crippen LogP contribution in [0.5, 0.6) is 5.75 Å². The summed E-state index contributed by atoms with van der Waals surface area (Å²) in [4.78, 5) is 24.1. The van der Waals surface area contributed by atoms with E-state index in [0.29, 0.717) is 24.2 Å². The highest BCUT2D eigenvalue weighted by Gasteiger charge is 2.09. The summed E-state index contributed by atoms with van der Waals surface area (Å²) in [5.41, 5.74) is 1.96. The molecular formula is C19H22N2O3. The summed E-state index contributed by atoms with van der Waals surface area (Å²) in [6.07, 6.45) is 0.884. The first kappa shape index (κ1) is 17.5. The van der Waals surface area contributed by atoms with Crippen molar-refractivity contribution >= 4 is 11.8 Å². The van der Waals surface area contributed by atoms with Gasteiger partial charge in [-0.2, -0.15) is 0 Å². The lowest BCUT2D eigenvalue weighted by atomic mass is 10.1. The van der Waals surface area contributed by atoms with Crippen molar-refractivity contribution in [3.8, 4) is 5.75 Å². The zero-order valence-electron chi connectivity index (χ0n) is 14.0. The van der Waals surface area contributed by atoms with E-state index in [1.165, 1.54) is 0 Å². The minimum absolute atomic E-state index is 0.127. The van der Waals surface area contributed by atoms with Gasteiger partial charge < -0.3 is 15.4 Å². The average molecular weight is 326 g/mol. The van der Waals surface area contributed by atoms with Gasteiger partial charge in [0.15, 0.2) is 0 Å². The third kappa shape index (κ3) is 4.59. The molecule has 0 aromatic heterocycles. The SMILES string of the molecule is CCCNC(=O)c1ccc(C(=O)NCc2ccccc2OC)cc1. The van der Waals surface area contributed by atoms with Gasteiger partial charge in [0.25, 0.3) is 11.8 Å². The maximum Gasteiger partial charge on any atom is 0.251 e. The van der Waals surface area contributed by atoms with Crippen LogP contribution in [0.25, 0.3) is 0 Å². The molecule has 0 spiro atoms. The van der Waals surface area contributed by atoms with Crippen molar-refractivity contribution in [1.82, 2.24) is 10.6 Å². The third-order valence-electron chi connectivity index (χ3n) is 3.58. The number of carbonyl (C=O) groups is 2. The lowest BCUT2D eigenvalue weighted by molar-refractivity contribution is 0.0940. The summed E-state index contributed by atoms with van der Waals surface area (Å²) in [5.74, 6) is 0.417. The highest BCUT2D eigenvalue weighted by atomic mass is 16.5. The summed E-state index contributed by atoms with van der Waals surface area (Å²) in [6, 6.07) is 14.1. The van der Waals surface area contributed by atoms with Crippen LogP contribution in [0.3, 0.4) is 0 Å². The summed E-state index contributed by atoms with van der Waals surface area (Å²) < 4.78 is 5.26. The molecule has 0 aliphatic heterocycles. The molecule has 0 saturated carbocycles. The van der Waals surface area contributed by atoms with Gasteiger partial charge in [-0.3, -0.25) is 9.59 Å². The highest BCUT2D eigenvalue weighted by molar-refractivity contribution is 5.97. The van der Waals surface area contributed by atoms with Gasteiger partial charge in [0.1, 0.15) is 5.75 Å². The van der Waals surface area contributed by atoms with Crippen molar-refractivity contribution < 1.29 is 14.3 Å². The number of rotatable bonds is 7. The minimum atomic E-state index is -0.193. The molecule has 5 heteroatoms. The Morgan fingerprint density at radius 2 is 1.50 bits per heavy atom. The maximum atomic E-state index is 12.2. The normalized spacial score (nSPS) is 10.1. The third-order valence-corrected chi connectivity index (χ3v) is 3.58. The van der Waals surface area contributed by atoms with E-state index in [-0.39, 0.29) is 11.8 Å². The summed E-state index contributed by atoms with van der Waals surface area (Å²) in [6.45, 7) is 3.01. The molecule has 0 aliphatic rings. The molecule has 0 aliphatic carbocycles. The summed E-state index contributed by atoms with van der Waals surface area (Å²) in [5, 5.41) is 5.66. The van der Waals surface area contributed by atoms with Gasteiger partial charge in [-0.25, -0.2) is 0 Å². The standard InChI is InChI=1S/C19H22N2O3/c1-3-12-20-18(22)14-8-10-15(11-9-14)19(23)21-13-16-6-4-5-7-17(16)24-2/h4-11H,3,12-13H2,1-2H3,(H,20,22)(H,21,23). The molecule has 0 heterocycles. The molecule has 5 nitrogen and oxygen atoms in total. The minimum Gasteiger partial charge on any atom is -0.496 e. The second kappa shape index (κ2) is 8.72. The van der Waals surface area contributed by atoms with Crippen LogP contribution in [-0.2, 0) is 6.54 Å². The molecule has 2 N–H and O–H groups in total. The van der Waals surface area contributed by atoms with Crippen LogP contribution in [0.4, 0.5) is 0 Å². The van der Waals surface area contributed by atoms with Gasteiger partial charge in [-0.05, 0) is 36.8 Å². The molecule has 0 saturated heterocycles. The topological polar surface area (TPSA) is 67.4 Å². The Labute approximate surface area is 142 Å². The van der Waals surface area contributed by atoms with E-state index in [1.807, 2.05) is 31.2 Å². The zero-order chi connectivity index (χ0) is 17.4. The van der Waals surface area contributed by atoms with Crippen LogP contribution in [-0.4, -0.2) is 25.5 Å². The fourth-order valence-electron chi connectivity index (χ4n) is 2.24. The van der Waals surface area contributed by atoms with Crippen LogP contribution >= 0.6 is 0 Å². The van der Waals surface area contributed by atoms with Crippen LogP contribution in [0, 0.1) is 0 Å². The molecule has 0 atom stereocenters. The maximum absolute atomic E-state index is 12.2. The smallest absolute Gasteiger partial charge is 0.251 e. The van der Waals surface area contributed by atoms with Crippen molar-refractivity contribution in [2.24, 2.45) is 0 Å². The Balaban J connectivity index is 1.96. The molecule has 2 aromatic rings. The average Bonchev–Trinajstić information content (AvgIpc) is 2.64. The molecule has 2 amide bonds. The number of hydrogen-bond acceptors (Lipinski definition) is 3. The lowest BCUT2D eigenvalue weighted by Crippen LogP contribution is -2.25. The van der Waals surface area contributed by atoms with E-state index in [4.69, 9.17) is 4.74 Å². The number of benzene rings is 2. The molecule has 2 rings (SSSR count). The van der Waals surface area contributed by atoms with Gasteiger partial charge in [0.05, 0.1) is 7.11 Å². The molecule has 0 unspecified atom stereocenters. The van der Waals surface area contributed by atoms with Crippen LogP contribution in [0.15, 0.2) is 48.5 Å². The van der Waals surface area contributed by atoms with E-state index in [1.54, 1.807) is 31.4 Å². The van der Waals surface area contributed by atoms with Gasteiger partial charge in [-0.15, -0.1) is 0 Å². The van der Waals surface area contributed by atoms with Gasteiger partial charge in [0.2, 0.25) is 0 Å². The number of hydrogen-bond donors (Lipinski definition) is 2. The van der Waals surface area contributed by atoms with E-state index in [2.05, 4.69) is 10.6 Å². The molecule has 0 bridgehead atoms. The predicted molar refractivity (Wildman–Crippen MR) is 93.2 cm³/mol. The van der Waals surface area contributed by atoms with Crippen LogP contribution in [0.2, 0.25) is 0 Å². The second-order valence-electron chi connectivity index (χ2n) is 5.33. The summed E-state index contributed by atoms with van der Waals surface area (Å²) in [7, 11) is 1.60. The molecule has 24 heavy (non-hydrogen) atoms. The largest absolute Gasteiger partial charge is 0.496 e. The number of carbonyl (C=O) groups excluding carboxylic acids is 2. The van der Waals surface area contributed by atoms with Crippen molar-refractivity contribution in [2.45, 2.75) is 19.9 Å². The van der Waals surface area contributed by atoms with Crippen molar-refractivity contribution in [3.05, 3.63) is 65.2 Å². The Hall–Kier alpha value is -2.82. The first-order valence-electron chi connectivity index (χ1n) is 7.94. The Morgan fingerprint density at radius 1 is 0.917 bits per heavy atom. The van der Waals surface area contributed by atoms with Crippen molar-refractivity contribution in [2.75, 3.05) is 13.7 Å². The van der Waals surface area contributed by atoms with Crippen molar-refractivity contribution in [3.63, 3.8) is 0 Å². The van der Waals surface area contributed by atoms with E-state index in [9.17, 15) is 9.59 Å². The van der Waals surface area contributed by atoms with Crippen LogP contribution in [0.1, 0.15) is 39.6 Å². The monoisotopic (exact) mass is 326 g/mol. The second-order valence-corrected chi connectivity index (χ2v) is 5.33. The summed E-state index contributed by atoms with van der Waals surface area (Å²) >= 11 is 0. The lowest BCUT2D eigenvalue weighted by Gasteiger charge is -2.10. The molecule has 126 valence electrons. The van der Waals surface area contributed by atoms with E-state index >= 15 is 0 Å². The van der Waals surface area contributed by atoms with Gasteiger partial charge in [0, 0.05) is 29.8 Å². The van der Waals surface area contributed by atoms with Crippen LogP contribution < -0.4 is 15.4 Å². The quantitative estimate of drug-likeness (QED) is 0.822. The van der Waals surface area contributed by atoms with Gasteiger partial charge in [-0.1, -0.05) is 25.1 Å². The van der Waals surface area contributed by atoms with E-state index < -0.39 is 0 Å². The number of ether oxygens (including phenoxy) is 1. The molecular weight excluding hydrogens is 304 g/mol.